The highest BCUT2D eigenvalue weighted by atomic mass is 16.4. The lowest BCUT2D eigenvalue weighted by Crippen LogP contribution is -2.47. The van der Waals surface area contributed by atoms with Crippen LogP contribution in [0.15, 0.2) is 23.3 Å². The molecule has 1 fully saturated rings. The van der Waals surface area contributed by atoms with Gasteiger partial charge in [-0.3, -0.25) is 4.79 Å². The third-order valence-corrected chi connectivity index (χ3v) is 4.92. The van der Waals surface area contributed by atoms with E-state index in [0.29, 0.717) is 12.8 Å². The van der Waals surface area contributed by atoms with Crippen molar-refractivity contribution in [3.8, 4) is 0 Å². The van der Waals surface area contributed by atoms with E-state index < -0.39 is 12.1 Å². The fourth-order valence-electron chi connectivity index (χ4n) is 3.32. The number of carboxylic acids is 1. The number of hydrogen-bond donors (Lipinski definition) is 2. The number of allylic oxidation sites excluding steroid dienone is 4. The molecule has 0 aromatic rings. The molecule has 0 aliphatic heterocycles. The molecule has 3 heteroatoms. The minimum Gasteiger partial charge on any atom is -0.481 e. The number of rotatable bonds is 1. The number of carboxylic acid groups (broad SMARTS) is 1. The number of hydrogen-bond acceptors (Lipinski definition) is 2. The highest BCUT2D eigenvalue weighted by Gasteiger charge is 2.49. The van der Waals surface area contributed by atoms with E-state index in [2.05, 4.69) is 19.1 Å². The molecule has 0 radical (unpaired) electrons. The first-order chi connectivity index (χ1) is 8.36. The van der Waals surface area contributed by atoms with Crippen molar-refractivity contribution in [3.63, 3.8) is 0 Å². The van der Waals surface area contributed by atoms with E-state index in [1.807, 2.05) is 13.8 Å². The Bertz CT molecular complexity index is 421. The molecule has 3 nitrogen and oxygen atoms in total. The van der Waals surface area contributed by atoms with Crippen LogP contribution in [0.5, 0.6) is 0 Å². The Morgan fingerprint density at radius 1 is 1.33 bits per heavy atom. The molecule has 0 unspecified atom stereocenters. The van der Waals surface area contributed by atoms with Crippen LogP contribution in [-0.4, -0.2) is 22.3 Å². The molecule has 1 saturated carbocycles. The number of aliphatic carboxylic acids is 1. The van der Waals surface area contributed by atoms with E-state index in [4.69, 9.17) is 0 Å². The summed E-state index contributed by atoms with van der Waals surface area (Å²) >= 11 is 0. The minimum atomic E-state index is -0.735. The lowest BCUT2D eigenvalue weighted by atomic mass is 9.59. The molecular weight excluding hydrogens is 228 g/mol. The second kappa shape index (κ2) is 4.54. The van der Waals surface area contributed by atoms with Crippen LogP contribution in [0, 0.1) is 17.3 Å². The lowest BCUT2D eigenvalue weighted by molar-refractivity contribution is -0.150. The van der Waals surface area contributed by atoms with Crippen molar-refractivity contribution in [1.82, 2.24) is 0 Å². The Kier molecular flexibility index (Phi) is 3.37. The van der Waals surface area contributed by atoms with Gasteiger partial charge in [-0.25, -0.2) is 0 Å². The quantitative estimate of drug-likeness (QED) is 0.752. The summed E-state index contributed by atoms with van der Waals surface area (Å²) in [5, 5.41) is 19.7. The molecule has 0 bridgehead atoms. The average molecular weight is 250 g/mol. The van der Waals surface area contributed by atoms with Crippen LogP contribution >= 0.6 is 0 Å². The molecule has 2 rings (SSSR count). The zero-order chi connectivity index (χ0) is 13.5. The first-order valence-electron chi connectivity index (χ1n) is 6.62. The van der Waals surface area contributed by atoms with E-state index in [1.54, 1.807) is 0 Å². The Morgan fingerprint density at radius 3 is 2.61 bits per heavy atom. The summed E-state index contributed by atoms with van der Waals surface area (Å²) in [6, 6.07) is 0. The maximum absolute atomic E-state index is 11.4. The third kappa shape index (κ3) is 2.01. The van der Waals surface area contributed by atoms with Crippen LogP contribution in [0.25, 0.3) is 0 Å². The predicted molar refractivity (Wildman–Crippen MR) is 70.1 cm³/mol. The maximum atomic E-state index is 11.4. The van der Waals surface area contributed by atoms with Crippen molar-refractivity contribution in [2.75, 3.05) is 0 Å². The fourth-order valence-corrected chi connectivity index (χ4v) is 3.32. The van der Waals surface area contributed by atoms with Gasteiger partial charge in [0.05, 0.1) is 12.0 Å². The molecule has 0 amide bonds. The zero-order valence-electron chi connectivity index (χ0n) is 11.3. The van der Waals surface area contributed by atoms with Crippen LogP contribution in [0.2, 0.25) is 0 Å². The van der Waals surface area contributed by atoms with E-state index in [0.717, 1.165) is 12.0 Å². The SMILES string of the molecule is CC1=CC[C@@]2(C)[C@H](O)CC[C@H](C(=O)O)[C@@H]2C=C1C. The van der Waals surface area contributed by atoms with E-state index in [-0.39, 0.29) is 17.3 Å². The van der Waals surface area contributed by atoms with Gasteiger partial charge < -0.3 is 10.2 Å². The monoisotopic (exact) mass is 250 g/mol. The van der Waals surface area contributed by atoms with Gasteiger partial charge in [0.15, 0.2) is 0 Å². The second-order valence-corrected chi connectivity index (χ2v) is 6.01. The van der Waals surface area contributed by atoms with E-state index >= 15 is 0 Å². The van der Waals surface area contributed by atoms with Gasteiger partial charge in [-0.05, 0) is 39.0 Å². The van der Waals surface area contributed by atoms with Crippen LogP contribution in [0.4, 0.5) is 0 Å². The summed E-state index contributed by atoms with van der Waals surface area (Å²) in [6.07, 6.45) is 5.70. The zero-order valence-corrected chi connectivity index (χ0v) is 11.3. The fraction of sp³-hybridized carbons (Fsp3) is 0.667. The van der Waals surface area contributed by atoms with Crippen LogP contribution in [0.3, 0.4) is 0 Å². The van der Waals surface area contributed by atoms with Crippen LogP contribution in [0.1, 0.15) is 40.0 Å². The van der Waals surface area contributed by atoms with Gasteiger partial charge in [0.25, 0.3) is 0 Å². The molecule has 0 spiro atoms. The summed E-state index contributed by atoms with van der Waals surface area (Å²) < 4.78 is 0. The van der Waals surface area contributed by atoms with Gasteiger partial charge >= 0.3 is 5.97 Å². The van der Waals surface area contributed by atoms with Crippen molar-refractivity contribution in [1.29, 1.82) is 0 Å². The van der Waals surface area contributed by atoms with E-state index in [9.17, 15) is 15.0 Å². The van der Waals surface area contributed by atoms with Gasteiger partial charge in [-0.2, -0.15) is 0 Å². The molecule has 0 heterocycles. The number of fused-ring (bicyclic) bond motifs is 1. The second-order valence-electron chi connectivity index (χ2n) is 6.01. The first kappa shape index (κ1) is 13.3. The van der Waals surface area contributed by atoms with Gasteiger partial charge in [0, 0.05) is 5.41 Å². The van der Waals surface area contributed by atoms with Crippen molar-refractivity contribution in [2.24, 2.45) is 17.3 Å². The van der Waals surface area contributed by atoms with Gasteiger partial charge in [-0.1, -0.05) is 30.2 Å². The first-order valence-corrected chi connectivity index (χ1v) is 6.62. The predicted octanol–water partition coefficient (Wildman–Crippen LogP) is 2.76. The van der Waals surface area contributed by atoms with Crippen molar-refractivity contribution < 1.29 is 15.0 Å². The van der Waals surface area contributed by atoms with Crippen LogP contribution in [-0.2, 0) is 4.79 Å². The largest absolute Gasteiger partial charge is 0.481 e. The summed E-state index contributed by atoms with van der Waals surface area (Å²) in [6.45, 7) is 6.10. The summed E-state index contributed by atoms with van der Waals surface area (Å²) in [4.78, 5) is 11.4. The standard InChI is InChI=1S/C15H22O3/c1-9-6-7-15(3)12(8-10(9)2)11(14(17)18)4-5-13(15)16/h6,8,11-13,16H,4-5,7H2,1-3H3,(H,17,18)/t11-,12-,13+,15+/m0/s1. The van der Waals surface area contributed by atoms with Crippen molar-refractivity contribution in [3.05, 3.63) is 23.3 Å². The van der Waals surface area contributed by atoms with Gasteiger partial charge in [0.2, 0.25) is 0 Å². The Morgan fingerprint density at radius 2 is 2.00 bits per heavy atom. The lowest BCUT2D eigenvalue weighted by Gasteiger charge is -2.46. The topological polar surface area (TPSA) is 57.5 Å². The highest BCUT2D eigenvalue weighted by molar-refractivity contribution is 5.71. The molecule has 2 aliphatic rings. The molecule has 2 N–H and O–H groups in total. The molecule has 0 saturated heterocycles. The molecule has 0 aromatic heterocycles. The molecule has 100 valence electrons. The molecule has 4 atom stereocenters. The van der Waals surface area contributed by atoms with Gasteiger partial charge in [-0.15, -0.1) is 0 Å². The van der Waals surface area contributed by atoms with Gasteiger partial charge in [0.1, 0.15) is 0 Å². The average Bonchev–Trinajstić information content (AvgIpc) is 2.42. The Hall–Kier alpha value is -1.09. The highest BCUT2D eigenvalue weighted by Crippen LogP contribution is 2.50. The normalized spacial score (nSPS) is 40.3. The Labute approximate surface area is 108 Å². The van der Waals surface area contributed by atoms with Crippen molar-refractivity contribution >= 4 is 5.97 Å². The smallest absolute Gasteiger partial charge is 0.307 e. The molecular formula is C15H22O3. The maximum Gasteiger partial charge on any atom is 0.307 e. The summed E-state index contributed by atoms with van der Waals surface area (Å²) in [7, 11) is 0. The number of aliphatic hydroxyl groups excluding tert-OH is 1. The van der Waals surface area contributed by atoms with Crippen molar-refractivity contribution in [2.45, 2.75) is 46.1 Å². The summed E-state index contributed by atoms with van der Waals surface area (Å²) in [5.41, 5.74) is 1.99. The Balaban J connectivity index is 2.46. The van der Waals surface area contributed by atoms with Crippen LogP contribution < -0.4 is 0 Å². The number of aliphatic hydroxyl groups is 1. The van der Waals surface area contributed by atoms with E-state index in [1.165, 1.54) is 5.57 Å². The minimum absolute atomic E-state index is 0.0764. The molecule has 18 heavy (non-hydrogen) atoms. The summed E-state index contributed by atoms with van der Waals surface area (Å²) in [5.74, 6) is -1.18. The molecule has 0 aromatic carbocycles. The third-order valence-electron chi connectivity index (χ3n) is 4.92. The molecule has 2 aliphatic carbocycles. The number of carbonyl (C=O) groups is 1.